The van der Waals surface area contributed by atoms with E-state index in [1.165, 1.54) is 6.42 Å². The summed E-state index contributed by atoms with van der Waals surface area (Å²) in [4.78, 5) is 6.77. The van der Waals surface area contributed by atoms with E-state index in [-0.39, 0.29) is 0 Å². The van der Waals surface area contributed by atoms with Crippen LogP contribution in [-0.2, 0) is 0 Å². The van der Waals surface area contributed by atoms with Gasteiger partial charge in [0.25, 0.3) is 0 Å². The zero-order valence-corrected chi connectivity index (χ0v) is 12.0. The zero-order valence-electron chi connectivity index (χ0n) is 11.2. The normalized spacial score (nSPS) is 22.7. The van der Waals surface area contributed by atoms with E-state index in [4.69, 9.17) is 0 Å². The fourth-order valence-electron chi connectivity index (χ4n) is 1.95. The van der Waals surface area contributed by atoms with Crippen LogP contribution in [-0.4, -0.2) is 48.5 Å². The average Bonchev–Trinajstić information content (AvgIpc) is 2.49. The maximum Gasteiger partial charge on any atom is 0.157 e. The van der Waals surface area contributed by atoms with Crippen LogP contribution in [0.3, 0.4) is 0 Å². The van der Waals surface area contributed by atoms with Gasteiger partial charge in [0.2, 0.25) is 0 Å². The van der Waals surface area contributed by atoms with Gasteiger partial charge in [-0.3, -0.25) is 4.99 Å². The van der Waals surface area contributed by atoms with Crippen LogP contribution in [0.5, 0.6) is 0 Å². The Balaban J connectivity index is 2.25. The van der Waals surface area contributed by atoms with E-state index in [9.17, 15) is 0 Å². The van der Waals surface area contributed by atoms with Crippen LogP contribution in [0.15, 0.2) is 4.99 Å². The lowest BCUT2D eigenvalue weighted by Crippen LogP contribution is -2.38. The first kappa shape index (κ1) is 13.8. The quantitative estimate of drug-likeness (QED) is 0.801. The highest BCUT2D eigenvalue weighted by Crippen LogP contribution is 2.25. The third kappa shape index (κ3) is 5.21. The Kier molecular flexibility index (Phi) is 5.62. The molecule has 1 aliphatic heterocycles. The van der Waals surface area contributed by atoms with E-state index in [0.717, 1.165) is 24.2 Å². The molecular weight excluding hydrogens is 218 g/mol. The summed E-state index contributed by atoms with van der Waals surface area (Å²) in [5.74, 6) is 0.770. The molecule has 0 aromatic heterocycles. The predicted octanol–water partition coefficient (Wildman–Crippen LogP) is 2.04. The summed E-state index contributed by atoms with van der Waals surface area (Å²) in [6.07, 6.45) is 1.27. The lowest BCUT2D eigenvalue weighted by Gasteiger charge is -2.19. The third-order valence-corrected chi connectivity index (χ3v) is 3.61. The van der Waals surface area contributed by atoms with Gasteiger partial charge in [0.05, 0.1) is 6.54 Å². The molecule has 0 aliphatic carbocycles. The van der Waals surface area contributed by atoms with Gasteiger partial charge in [-0.15, -0.1) is 0 Å². The highest BCUT2D eigenvalue weighted by Gasteiger charge is 2.21. The summed E-state index contributed by atoms with van der Waals surface area (Å²) in [7, 11) is 4.20. The molecule has 2 atom stereocenters. The summed E-state index contributed by atoms with van der Waals surface area (Å²) in [6.45, 7) is 8.80. The van der Waals surface area contributed by atoms with Crippen molar-refractivity contribution in [3.8, 4) is 0 Å². The van der Waals surface area contributed by atoms with Gasteiger partial charge in [-0.05, 0) is 33.4 Å². The van der Waals surface area contributed by atoms with Crippen molar-refractivity contribution in [1.29, 1.82) is 0 Å². The van der Waals surface area contributed by atoms with E-state index in [1.54, 1.807) is 0 Å². The van der Waals surface area contributed by atoms with Crippen molar-refractivity contribution in [3.05, 3.63) is 0 Å². The molecule has 0 saturated heterocycles. The zero-order chi connectivity index (χ0) is 12.1. The Hall–Kier alpha value is -0.220. The van der Waals surface area contributed by atoms with Crippen LogP contribution < -0.4 is 5.32 Å². The molecule has 0 fully saturated rings. The number of rotatable bonds is 5. The molecule has 0 bridgehead atoms. The van der Waals surface area contributed by atoms with Crippen molar-refractivity contribution in [2.45, 2.75) is 38.5 Å². The molecule has 1 heterocycles. The van der Waals surface area contributed by atoms with Crippen molar-refractivity contribution in [2.24, 2.45) is 10.9 Å². The number of nitrogens with zero attached hydrogens (tertiary/aromatic N) is 2. The summed E-state index contributed by atoms with van der Waals surface area (Å²) >= 11 is 1.91. The van der Waals surface area contributed by atoms with E-state index >= 15 is 0 Å². The smallest absolute Gasteiger partial charge is 0.157 e. The topological polar surface area (TPSA) is 27.6 Å². The summed E-state index contributed by atoms with van der Waals surface area (Å²) in [5, 5.41) is 5.31. The highest BCUT2D eigenvalue weighted by atomic mass is 32.2. The lowest BCUT2D eigenvalue weighted by atomic mass is 10.1. The van der Waals surface area contributed by atoms with Gasteiger partial charge in [-0.1, -0.05) is 25.6 Å². The molecule has 16 heavy (non-hydrogen) atoms. The Morgan fingerprint density at radius 1 is 1.44 bits per heavy atom. The number of thioether (sulfide) groups is 1. The molecule has 0 saturated carbocycles. The van der Waals surface area contributed by atoms with Crippen LogP contribution in [0.4, 0.5) is 0 Å². The predicted molar refractivity (Wildman–Crippen MR) is 74.3 cm³/mol. The van der Waals surface area contributed by atoms with Gasteiger partial charge in [0.15, 0.2) is 5.17 Å². The maximum absolute atomic E-state index is 4.57. The van der Waals surface area contributed by atoms with Crippen LogP contribution >= 0.6 is 11.8 Å². The third-order valence-electron chi connectivity index (χ3n) is 2.46. The van der Waals surface area contributed by atoms with Gasteiger partial charge in [0.1, 0.15) is 0 Å². The lowest BCUT2D eigenvalue weighted by molar-refractivity contribution is 0.370. The molecule has 0 radical (unpaired) electrons. The first-order valence-corrected chi connectivity index (χ1v) is 6.97. The molecule has 94 valence electrons. The fraction of sp³-hybridized carbons (Fsp3) is 0.917. The van der Waals surface area contributed by atoms with Crippen LogP contribution in [0.2, 0.25) is 0 Å². The fourth-order valence-corrected chi connectivity index (χ4v) is 3.31. The minimum atomic E-state index is 0.471. The molecule has 0 amide bonds. The second-order valence-electron chi connectivity index (χ2n) is 5.32. The van der Waals surface area contributed by atoms with Crippen LogP contribution in [0.1, 0.15) is 27.2 Å². The van der Waals surface area contributed by atoms with Crippen molar-refractivity contribution in [3.63, 3.8) is 0 Å². The van der Waals surface area contributed by atoms with Gasteiger partial charge >= 0.3 is 0 Å². The molecule has 1 rings (SSSR count). The Bertz CT molecular complexity index is 238. The van der Waals surface area contributed by atoms with E-state index in [1.807, 2.05) is 11.8 Å². The van der Waals surface area contributed by atoms with Crippen molar-refractivity contribution in [2.75, 3.05) is 27.2 Å². The first-order valence-electron chi connectivity index (χ1n) is 6.09. The minimum absolute atomic E-state index is 0.471. The summed E-state index contributed by atoms with van der Waals surface area (Å²) in [6, 6.07) is 0.471. The first-order chi connectivity index (χ1) is 7.47. The van der Waals surface area contributed by atoms with Crippen molar-refractivity contribution in [1.82, 2.24) is 10.2 Å². The van der Waals surface area contributed by atoms with Gasteiger partial charge in [-0.2, -0.15) is 0 Å². The van der Waals surface area contributed by atoms with Gasteiger partial charge in [-0.25, -0.2) is 0 Å². The molecule has 2 unspecified atom stereocenters. The number of nitrogens with one attached hydrogen (secondary N) is 1. The average molecular weight is 243 g/mol. The summed E-state index contributed by atoms with van der Waals surface area (Å²) < 4.78 is 0. The van der Waals surface area contributed by atoms with E-state index in [0.29, 0.717) is 11.3 Å². The standard InChI is InChI=1S/C12H25N3S/c1-9(2)6-11-7-13-12(16-11)14-10(3)8-15(4)5/h9-11H,6-8H2,1-5H3,(H,13,14). The number of aliphatic imine (C=N–C) groups is 1. The molecule has 0 aromatic carbocycles. The molecule has 1 N–H and O–H groups in total. The Morgan fingerprint density at radius 3 is 2.69 bits per heavy atom. The Labute approximate surface area is 104 Å². The summed E-state index contributed by atoms with van der Waals surface area (Å²) in [5.41, 5.74) is 0. The second-order valence-corrected chi connectivity index (χ2v) is 6.61. The largest absolute Gasteiger partial charge is 0.361 e. The van der Waals surface area contributed by atoms with Crippen LogP contribution in [0.25, 0.3) is 0 Å². The molecule has 1 aliphatic rings. The number of likely N-dealkylation sites (N-methyl/N-ethyl adjacent to an activating group) is 1. The van der Waals surface area contributed by atoms with Crippen molar-refractivity contribution < 1.29 is 0 Å². The maximum atomic E-state index is 4.57. The van der Waals surface area contributed by atoms with E-state index in [2.05, 4.69) is 50.1 Å². The molecular formula is C12H25N3S. The van der Waals surface area contributed by atoms with Gasteiger partial charge in [0, 0.05) is 17.8 Å². The number of amidine groups is 1. The highest BCUT2D eigenvalue weighted by molar-refractivity contribution is 8.14. The molecule has 0 aromatic rings. The SMILES string of the molecule is CC(C)CC1CN=C(NC(C)CN(C)C)S1. The number of hydrogen-bond acceptors (Lipinski definition) is 4. The Morgan fingerprint density at radius 2 is 2.12 bits per heavy atom. The van der Waals surface area contributed by atoms with Crippen molar-refractivity contribution >= 4 is 16.9 Å². The van der Waals surface area contributed by atoms with Crippen LogP contribution in [0, 0.1) is 5.92 Å². The monoisotopic (exact) mass is 243 g/mol. The minimum Gasteiger partial charge on any atom is -0.361 e. The molecule has 4 heteroatoms. The molecule has 0 spiro atoms. The number of hydrogen-bond donors (Lipinski definition) is 1. The second kappa shape index (κ2) is 6.50. The van der Waals surface area contributed by atoms with E-state index < -0.39 is 0 Å². The molecule has 3 nitrogen and oxygen atoms in total. The van der Waals surface area contributed by atoms with Gasteiger partial charge < -0.3 is 10.2 Å².